The van der Waals surface area contributed by atoms with Gasteiger partial charge in [0.2, 0.25) is 0 Å². The van der Waals surface area contributed by atoms with Crippen LogP contribution in [-0.2, 0) is 6.42 Å². The highest BCUT2D eigenvalue weighted by molar-refractivity contribution is 5.23. The lowest BCUT2D eigenvalue weighted by atomic mass is 9.45. The van der Waals surface area contributed by atoms with Gasteiger partial charge in [-0.2, -0.15) is 0 Å². The fraction of sp³-hybridized carbons (Fsp3) is 0.700. The molecule has 3 rings (SSSR count). The highest BCUT2D eigenvalue weighted by atomic mass is 16.3. The zero-order chi connectivity index (χ0) is 16.7. The van der Waals surface area contributed by atoms with Gasteiger partial charge in [-0.05, 0) is 67.9 Å². The number of rotatable bonds is 4. The van der Waals surface area contributed by atoms with Crippen molar-refractivity contribution in [2.24, 2.45) is 22.7 Å². The van der Waals surface area contributed by atoms with E-state index in [1.165, 1.54) is 11.1 Å². The van der Waals surface area contributed by atoms with Gasteiger partial charge in [-0.15, -0.1) is 0 Å². The van der Waals surface area contributed by atoms with E-state index in [4.69, 9.17) is 4.42 Å². The van der Waals surface area contributed by atoms with Gasteiger partial charge >= 0.3 is 0 Å². The maximum absolute atomic E-state index is 10.8. The third-order valence-corrected chi connectivity index (χ3v) is 7.14. The lowest BCUT2D eigenvalue weighted by molar-refractivity contribution is -0.145. The summed E-state index contributed by atoms with van der Waals surface area (Å²) < 4.78 is 5.19. The summed E-state index contributed by atoms with van der Waals surface area (Å²) in [7, 11) is 0. The summed E-state index contributed by atoms with van der Waals surface area (Å²) in [6.45, 7) is 6.77. The van der Waals surface area contributed by atoms with E-state index in [-0.39, 0.29) is 29.5 Å². The van der Waals surface area contributed by atoms with E-state index in [9.17, 15) is 10.2 Å². The summed E-state index contributed by atoms with van der Waals surface area (Å²) in [6, 6.07) is 2.00. The topological polar surface area (TPSA) is 53.6 Å². The lowest BCUT2D eigenvalue weighted by Gasteiger charge is -2.60. The minimum Gasteiger partial charge on any atom is -0.472 e. The van der Waals surface area contributed by atoms with Gasteiger partial charge in [0.25, 0.3) is 0 Å². The molecule has 128 valence electrons. The molecule has 0 amide bonds. The Morgan fingerprint density at radius 1 is 1.39 bits per heavy atom. The van der Waals surface area contributed by atoms with Crippen LogP contribution < -0.4 is 0 Å². The fourth-order valence-corrected chi connectivity index (χ4v) is 5.38. The molecule has 0 saturated heterocycles. The molecule has 5 unspecified atom stereocenters. The lowest BCUT2D eigenvalue weighted by Crippen LogP contribution is -2.58. The zero-order valence-corrected chi connectivity index (χ0v) is 14.6. The van der Waals surface area contributed by atoms with Crippen LogP contribution in [0.3, 0.4) is 0 Å². The number of allylic oxidation sites excluding steroid dienone is 2. The second-order valence-corrected chi connectivity index (χ2v) is 8.02. The Morgan fingerprint density at radius 2 is 2.17 bits per heavy atom. The predicted molar refractivity (Wildman–Crippen MR) is 90.9 cm³/mol. The summed E-state index contributed by atoms with van der Waals surface area (Å²) >= 11 is 0. The van der Waals surface area contributed by atoms with Crippen molar-refractivity contribution < 1.29 is 14.6 Å². The predicted octanol–water partition coefficient (Wildman–Crippen LogP) is 3.95. The van der Waals surface area contributed by atoms with Gasteiger partial charge in [-0.3, -0.25) is 0 Å². The maximum atomic E-state index is 10.8. The number of aliphatic hydroxyl groups excluding tert-OH is 2. The summed E-state index contributed by atoms with van der Waals surface area (Å²) in [5.41, 5.74) is 2.35. The van der Waals surface area contributed by atoms with E-state index in [1.54, 1.807) is 12.5 Å². The Labute approximate surface area is 139 Å². The van der Waals surface area contributed by atoms with Gasteiger partial charge in [0, 0.05) is 12.0 Å². The van der Waals surface area contributed by atoms with Crippen molar-refractivity contribution in [1.82, 2.24) is 0 Å². The van der Waals surface area contributed by atoms with Crippen LogP contribution in [0.15, 0.2) is 34.7 Å². The Kier molecular flexibility index (Phi) is 4.45. The van der Waals surface area contributed by atoms with Crippen molar-refractivity contribution in [3.63, 3.8) is 0 Å². The molecule has 3 heteroatoms. The molecule has 2 aliphatic carbocycles. The SMILES string of the molecule is CC1=CCCC2C1(C)CC(O)C(C)C2(CO)CCc1ccoc1. The van der Waals surface area contributed by atoms with Crippen LogP contribution in [0.5, 0.6) is 0 Å². The number of aliphatic hydroxyl groups is 2. The largest absolute Gasteiger partial charge is 0.472 e. The molecule has 0 spiro atoms. The molecular weight excluding hydrogens is 288 g/mol. The summed E-state index contributed by atoms with van der Waals surface area (Å²) in [5, 5.41) is 21.2. The van der Waals surface area contributed by atoms with E-state index in [2.05, 4.69) is 26.8 Å². The van der Waals surface area contributed by atoms with Crippen LogP contribution >= 0.6 is 0 Å². The van der Waals surface area contributed by atoms with Crippen LogP contribution in [0.25, 0.3) is 0 Å². The van der Waals surface area contributed by atoms with Crippen LogP contribution in [0.1, 0.15) is 52.0 Å². The zero-order valence-electron chi connectivity index (χ0n) is 14.6. The van der Waals surface area contributed by atoms with E-state index in [0.717, 1.165) is 32.1 Å². The molecule has 2 aliphatic rings. The van der Waals surface area contributed by atoms with Crippen molar-refractivity contribution in [2.75, 3.05) is 6.61 Å². The molecule has 0 bridgehead atoms. The van der Waals surface area contributed by atoms with Crippen molar-refractivity contribution in [1.29, 1.82) is 0 Å². The van der Waals surface area contributed by atoms with Gasteiger partial charge in [-0.1, -0.05) is 25.5 Å². The van der Waals surface area contributed by atoms with Gasteiger partial charge in [0.1, 0.15) is 0 Å². The standard InChI is InChI=1S/C20H30O3/c1-14-5-4-6-18-19(14,3)11-17(22)15(2)20(18,13-21)9-7-16-8-10-23-12-16/h5,8,10,12,15,17-18,21-22H,4,6-7,9,11,13H2,1-3H3. The third-order valence-electron chi connectivity index (χ3n) is 7.14. The smallest absolute Gasteiger partial charge is 0.0934 e. The fourth-order valence-electron chi connectivity index (χ4n) is 5.38. The van der Waals surface area contributed by atoms with E-state index in [0.29, 0.717) is 5.92 Å². The van der Waals surface area contributed by atoms with E-state index in [1.807, 2.05) is 6.07 Å². The average Bonchev–Trinajstić information content (AvgIpc) is 3.04. The third kappa shape index (κ3) is 2.58. The molecule has 2 N–H and O–H groups in total. The maximum Gasteiger partial charge on any atom is 0.0934 e. The number of aryl methyl sites for hydroxylation is 1. The van der Waals surface area contributed by atoms with Crippen molar-refractivity contribution in [2.45, 2.75) is 59.0 Å². The molecule has 1 heterocycles. The molecule has 1 fully saturated rings. The summed E-state index contributed by atoms with van der Waals surface area (Å²) in [4.78, 5) is 0. The molecular formula is C20H30O3. The normalized spacial score (nSPS) is 40.6. The Morgan fingerprint density at radius 3 is 2.83 bits per heavy atom. The minimum atomic E-state index is -0.353. The van der Waals surface area contributed by atoms with E-state index >= 15 is 0 Å². The Bertz CT molecular complexity index is 561. The molecule has 0 aliphatic heterocycles. The van der Waals surface area contributed by atoms with Crippen LogP contribution in [0.4, 0.5) is 0 Å². The second kappa shape index (κ2) is 6.10. The first-order valence-corrected chi connectivity index (χ1v) is 8.91. The van der Waals surface area contributed by atoms with E-state index < -0.39 is 0 Å². The minimum absolute atomic E-state index is 0.00328. The molecule has 5 atom stereocenters. The molecule has 0 aromatic carbocycles. The molecule has 0 radical (unpaired) electrons. The highest BCUT2D eigenvalue weighted by Gasteiger charge is 2.58. The summed E-state index contributed by atoms with van der Waals surface area (Å²) in [5.74, 6) is 0.540. The van der Waals surface area contributed by atoms with Gasteiger partial charge < -0.3 is 14.6 Å². The van der Waals surface area contributed by atoms with Gasteiger partial charge in [0.05, 0.1) is 18.6 Å². The highest BCUT2D eigenvalue weighted by Crippen LogP contribution is 2.61. The van der Waals surface area contributed by atoms with Crippen molar-refractivity contribution >= 4 is 0 Å². The number of furan rings is 1. The summed E-state index contributed by atoms with van der Waals surface area (Å²) in [6.07, 6.45) is 10.3. The number of hydrogen-bond acceptors (Lipinski definition) is 3. The molecule has 1 aromatic rings. The van der Waals surface area contributed by atoms with Crippen molar-refractivity contribution in [3.05, 3.63) is 35.8 Å². The molecule has 3 nitrogen and oxygen atoms in total. The van der Waals surface area contributed by atoms with Gasteiger partial charge in [-0.25, -0.2) is 0 Å². The van der Waals surface area contributed by atoms with Crippen molar-refractivity contribution in [3.8, 4) is 0 Å². The molecule has 1 saturated carbocycles. The Balaban J connectivity index is 1.95. The second-order valence-electron chi connectivity index (χ2n) is 8.02. The van der Waals surface area contributed by atoms with Crippen LogP contribution in [-0.4, -0.2) is 22.9 Å². The first-order valence-electron chi connectivity index (χ1n) is 8.91. The van der Waals surface area contributed by atoms with Gasteiger partial charge in [0.15, 0.2) is 0 Å². The first-order chi connectivity index (χ1) is 10.9. The van der Waals surface area contributed by atoms with Crippen LogP contribution in [0, 0.1) is 22.7 Å². The molecule has 1 aromatic heterocycles. The average molecular weight is 318 g/mol. The number of fused-ring (bicyclic) bond motifs is 1. The quantitative estimate of drug-likeness (QED) is 0.826. The number of hydrogen-bond donors (Lipinski definition) is 2. The first kappa shape index (κ1) is 16.8. The molecule has 23 heavy (non-hydrogen) atoms. The van der Waals surface area contributed by atoms with Crippen LogP contribution in [0.2, 0.25) is 0 Å². The Hall–Kier alpha value is -1.06. The monoisotopic (exact) mass is 318 g/mol.